The lowest BCUT2D eigenvalue weighted by molar-refractivity contribution is -0.127. The van der Waals surface area contributed by atoms with Gasteiger partial charge in [0.1, 0.15) is 0 Å². The van der Waals surface area contributed by atoms with Crippen LogP contribution in [0.2, 0.25) is 0 Å². The van der Waals surface area contributed by atoms with Gasteiger partial charge < -0.3 is 4.90 Å². The van der Waals surface area contributed by atoms with Crippen LogP contribution >= 0.6 is 11.8 Å². The molecule has 3 heteroatoms. The van der Waals surface area contributed by atoms with Crippen molar-refractivity contribution in [3.8, 4) is 0 Å². The molecule has 0 atom stereocenters. The highest BCUT2D eigenvalue weighted by atomic mass is 32.2. The van der Waals surface area contributed by atoms with Crippen molar-refractivity contribution < 1.29 is 4.79 Å². The van der Waals surface area contributed by atoms with Crippen molar-refractivity contribution in [3.05, 3.63) is 54.6 Å². The van der Waals surface area contributed by atoms with Gasteiger partial charge >= 0.3 is 0 Å². The maximum atomic E-state index is 12.2. The number of hydrogen-bond donors (Lipinski definition) is 0. The fourth-order valence-corrected chi connectivity index (χ4v) is 3.04. The highest BCUT2D eigenvalue weighted by Crippen LogP contribution is 2.23. The largest absolute Gasteiger partial charge is 0.338 e. The fraction of sp³-hybridized carbons (Fsp3) is 0.278. The summed E-state index contributed by atoms with van der Waals surface area (Å²) >= 11 is 1.59. The van der Waals surface area contributed by atoms with Crippen LogP contribution in [-0.2, 0) is 4.79 Å². The summed E-state index contributed by atoms with van der Waals surface area (Å²) < 4.78 is 0. The first-order valence-corrected chi connectivity index (χ1v) is 8.12. The van der Waals surface area contributed by atoms with Gasteiger partial charge in [0.05, 0.1) is 5.75 Å². The first-order valence-electron chi connectivity index (χ1n) is 7.14. The number of thioether (sulfide) groups is 1. The van der Waals surface area contributed by atoms with Crippen LogP contribution in [0.1, 0.15) is 13.8 Å². The molecule has 0 aliphatic rings. The van der Waals surface area contributed by atoms with Crippen LogP contribution in [0.4, 0.5) is 0 Å². The third-order valence-corrected chi connectivity index (χ3v) is 4.26. The van der Waals surface area contributed by atoms with Crippen molar-refractivity contribution in [2.75, 3.05) is 18.8 Å². The third-order valence-electron chi connectivity index (χ3n) is 3.28. The van der Waals surface area contributed by atoms with Crippen molar-refractivity contribution in [1.82, 2.24) is 4.90 Å². The van der Waals surface area contributed by atoms with E-state index in [-0.39, 0.29) is 5.91 Å². The van der Waals surface area contributed by atoms with Gasteiger partial charge in [-0.1, -0.05) is 42.5 Å². The summed E-state index contributed by atoms with van der Waals surface area (Å²) in [7, 11) is 0. The quantitative estimate of drug-likeness (QED) is 0.583. The summed E-state index contributed by atoms with van der Waals surface area (Å²) in [6, 6.07) is 14.6. The highest BCUT2D eigenvalue weighted by molar-refractivity contribution is 8.00. The summed E-state index contributed by atoms with van der Waals surface area (Å²) in [6.45, 7) is 9.20. The highest BCUT2D eigenvalue weighted by Gasteiger charge is 2.11. The summed E-state index contributed by atoms with van der Waals surface area (Å²) in [6.07, 6.45) is 0. The first-order chi connectivity index (χ1) is 10.1. The average Bonchev–Trinajstić information content (AvgIpc) is 2.49. The molecule has 0 saturated heterocycles. The molecule has 0 unspecified atom stereocenters. The van der Waals surface area contributed by atoms with E-state index in [0.717, 1.165) is 17.0 Å². The van der Waals surface area contributed by atoms with Crippen LogP contribution in [0.5, 0.6) is 0 Å². The van der Waals surface area contributed by atoms with Gasteiger partial charge in [0.25, 0.3) is 0 Å². The van der Waals surface area contributed by atoms with Crippen molar-refractivity contribution >= 4 is 28.4 Å². The molecule has 0 radical (unpaired) electrons. The standard InChI is InChI=1S/C18H21NOS/c1-4-19(12-14(2)3)18(20)13-21-17-10-9-15-7-5-6-8-16(15)11-17/h5-11H,2,4,12-13H2,1,3H3. The molecular formula is C18H21NOS. The van der Waals surface area contributed by atoms with E-state index in [1.165, 1.54) is 10.8 Å². The van der Waals surface area contributed by atoms with Gasteiger partial charge in [-0.25, -0.2) is 0 Å². The predicted octanol–water partition coefficient (Wildman–Crippen LogP) is 4.36. The molecule has 110 valence electrons. The van der Waals surface area contributed by atoms with Crippen LogP contribution < -0.4 is 0 Å². The monoisotopic (exact) mass is 299 g/mol. The molecule has 0 aromatic heterocycles. The van der Waals surface area contributed by atoms with Gasteiger partial charge in [-0.05, 0) is 36.8 Å². The molecule has 0 bridgehead atoms. The molecule has 21 heavy (non-hydrogen) atoms. The molecule has 0 spiro atoms. The molecule has 1 amide bonds. The summed E-state index contributed by atoms with van der Waals surface area (Å²) in [5, 5.41) is 2.44. The minimum atomic E-state index is 0.165. The molecule has 0 N–H and O–H groups in total. The van der Waals surface area contributed by atoms with E-state index >= 15 is 0 Å². The predicted molar refractivity (Wildman–Crippen MR) is 91.7 cm³/mol. The van der Waals surface area contributed by atoms with E-state index in [1.807, 2.05) is 30.9 Å². The molecule has 0 fully saturated rings. The average molecular weight is 299 g/mol. The Balaban J connectivity index is 2.00. The Labute approximate surface area is 130 Å². The SMILES string of the molecule is C=C(C)CN(CC)C(=O)CSc1ccc2ccccc2c1. The van der Waals surface area contributed by atoms with E-state index in [4.69, 9.17) is 0 Å². The second-order valence-corrected chi connectivity index (χ2v) is 6.21. The van der Waals surface area contributed by atoms with E-state index in [1.54, 1.807) is 11.8 Å². The molecule has 0 aliphatic heterocycles. The lowest BCUT2D eigenvalue weighted by Gasteiger charge is -2.20. The van der Waals surface area contributed by atoms with Crippen molar-refractivity contribution in [1.29, 1.82) is 0 Å². The molecule has 0 aliphatic carbocycles. The van der Waals surface area contributed by atoms with Gasteiger partial charge in [0.2, 0.25) is 5.91 Å². The number of nitrogens with zero attached hydrogens (tertiary/aromatic N) is 1. The second kappa shape index (κ2) is 7.32. The third kappa shape index (κ3) is 4.36. The number of benzene rings is 2. The summed E-state index contributed by atoms with van der Waals surface area (Å²) in [5.74, 6) is 0.637. The fourth-order valence-electron chi connectivity index (χ4n) is 2.20. The van der Waals surface area contributed by atoms with Crippen LogP contribution in [0, 0.1) is 0 Å². The number of amides is 1. The zero-order chi connectivity index (χ0) is 15.2. The number of carbonyl (C=O) groups excluding carboxylic acids is 1. The van der Waals surface area contributed by atoms with Gasteiger partial charge in [0, 0.05) is 18.0 Å². The van der Waals surface area contributed by atoms with Crippen LogP contribution in [0.25, 0.3) is 10.8 Å². The normalized spacial score (nSPS) is 10.6. The number of hydrogen-bond acceptors (Lipinski definition) is 2. The minimum absolute atomic E-state index is 0.165. The Morgan fingerprint density at radius 1 is 1.19 bits per heavy atom. The van der Waals surface area contributed by atoms with Gasteiger partial charge in [0.15, 0.2) is 0 Å². The molecule has 2 rings (SSSR count). The Morgan fingerprint density at radius 3 is 2.57 bits per heavy atom. The van der Waals surface area contributed by atoms with Crippen molar-refractivity contribution in [2.24, 2.45) is 0 Å². The molecule has 2 aromatic carbocycles. The van der Waals surface area contributed by atoms with Crippen LogP contribution in [0.3, 0.4) is 0 Å². The summed E-state index contributed by atoms with van der Waals surface area (Å²) in [4.78, 5) is 15.2. The van der Waals surface area contributed by atoms with Gasteiger partial charge in [-0.3, -0.25) is 4.79 Å². The van der Waals surface area contributed by atoms with Crippen molar-refractivity contribution in [2.45, 2.75) is 18.7 Å². The Hall–Kier alpha value is -1.74. The number of carbonyl (C=O) groups is 1. The smallest absolute Gasteiger partial charge is 0.233 e. The zero-order valence-electron chi connectivity index (χ0n) is 12.6. The molecule has 2 nitrogen and oxygen atoms in total. The van der Waals surface area contributed by atoms with Crippen LogP contribution in [0.15, 0.2) is 59.5 Å². The van der Waals surface area contributed by atoms with E-state index in [9.17, 15) is 4.79 Å². The molecule has 0 saturated carbocycles. The Morgan fingerprint density at radius 2 is 1.90 bits per heavy atom. The van der Waals surface area contributed by atoms with E-state index < -0.39 is 0 Å². The van der Waals surface area contributed by atoms with Crippen LogP contribution in [-0.4, -0.2) is 29.6 Å². The lowest BCUT2D eigenvalue weighted by Crippen LogP contribution is -2.33. The minimum Gasteiger partial charge on any atom is -0.338 e. The van der Waals surface area contributed by atoms with Crippen molar-refractivity contribution in [3.63, 3.8) is 0 Å². The first kappa shape index (κ1) is 15.6. The summed E-state index contributed by atoms with van der Waals surface area (Å²) in [5.41, 5.74) is 1.01. The van der Waals surface area contributed by atoms with E-state index in [0.29, 0.717) is 12.3 Å². The number of rotatable bonds is 6. The Kier molecular flexibility index (Phi) is 5.45. The number of fused-ring (bicyclic) bond motifs is 1. The molecule has 0 heterocycles. The van der Waals surface area contributed by atoms with E-state index in [2.05, 4.69) is 36.9 Å². The van der Waals surface area contributed by atoms with Gasteiger partial charge in [-0.2, -0.15) is 0 Å². The number of likely N-dealkylation sites (N-methyl/N-ethyl adjacent to an activating group) is 1. The molecular weight excluding hydrogens is 278 g/mol. The Bertz CT molecular complexity index is 650. The maximum absolute atomic E-state index is 12.2. The van der Waals surface area contributed by atoms with Gasteiger partial charge in [-0.15, -0.1) is 11.8 Å². The lowest BCUT2D eigenvalue weighted by atomic mass is 10.1. The zero-order valence-corrected chi connectivity index (χ0v) is 13.5. The topological polar surface area (TPSA) is 20.3 Å². The second-order valence-electron chi connectivity index (χ2n) is 5.16. The molecule has 2 aromatic rings. The maximum Gasteiger partial charge on any atom is 0.233 e.